The SMILES string of the molecule is CC(C)(C)OC(=O)/C=C/c1cn[nH]c1. The second-order valence-corrected chi connectivity index (χ2v) is 3.90. The maximum absolute atomic E-state index is 11.2. The molecule has 0 radical (unpaired) electrons. The number of carbonyl (C=O) groups excluding carboxylic acids is 1. The summed E-state index contributed by atoms with van der Waals surface area (Å²) in [6, 6.07) is 0. The summed E-state index contributed by atoms with van der Waals surface area (Å²) in [5.74, 6) is -0.348. The molecule has 4 heteroatoms. The highest BCUT2D eigenvalue weighted by Crippen LogP contribution is 2.07. The monoisotopic (exact) mass is 194 g/mol. The molecule has 0 aliphatic carbocycles. The van der Waals surface area contributed by atoms with Gasteiger partial charge in [0.25, 0.3) is 0 Å². The number of H-pyrrole nitrogens is 1. The number of rotatable bonds is 2. The first kappa shape index (κ1) is 10.5. The molecule has 0 saturated carbocycles. The Kier molecular flexibility index (Phi) is 3.06. The van der Waals surface area contributed by atoms with Crippen LogP contribution in [0.25, 0.3) is 6.08 Å². The Hall–Kier alpha value is -1.58. The lowest BCUT2D eigenvalue weighted by atomic mass is 10.2. The highest BCUT2D eigenvalue weighted by atomic mass is 16.6. The van der Waals surface area contributed by atoms with Gasteiger partial charge in [-0.2, -0.15) is 5.10 Å². The van der Waals surface area contributed by atoms with Gasteiger partial charge < -0.3 is 4.74 Å². The van der Waals surface area contributed by atoms with E-state index in [0.717, 1.165) is 5.56 Å². The van der Waals surface area contributed by atoms with Crippen molar-refractivity contribution in [3.63, 3.8) is 0 Å². The second-order valence-electron chi connectivity index (χ2n) is 3.90. The Morgan fingerprint density at radius 3 is 2.79 bits per heavy atom. The van der Waals surface area contributed by atoms with Gasteiger partial charge in [-0.1, -0.05) is 0 Å². The van der Waals surface area contributed by atoms with Gasteiger partial charge in [-0.3, -0.25) is 5.10 Å². The number of carbonyl (C=O) groups is 1. The van der Waals surface area contributed by atoms with Crippen LogP contribution >= 0.6 is 0 Å². The molecule has 4 nitrogen and oxygen atoms in total. The molecule has 1 rings (SSSR count). The molecular weight excluding hydrogens is 180 g/mol. The lowest BCUT2D eigenvalue weighted by Crippen LogP contribution is -2.22. The molecule has 0 atom stereocenters. The van der Waals surface area contributed by atoms with Gasteiger partial charge in [0.15, 0.2) is 0 Å². The number of nitrogens with one attached hydrogen (secondary N) is 1. The average molecular weight is 194 g/mol. The van der Waals surface area contributed by atoms with E-state index in [-0.39, 0.29) is 5.97 Å². The third-order valence-electron chi connectivity index (χ3n) is 1.34. The van der Waals surface area contributed by atoms with Crippen LogP contribution in [0.3, 0.4) is 0 Å². The van der Waals surface area contributed by atoms with Crippen LogP contribution in [0.1, 0.15) is 26.3 Å². The van der Waals surface area contributed by atoms with Crippen molar-refractivity contribution in [2.75, 3.05) is 0 Å². The van der Waals surface area contributed by atoms with Gasteiger partial charge in [0.2, 0.25) is 0 Å². The smallest absolute Gasteiger partial charge is 0.331 e. The van der Waals surface area contributed by atoms with E-state index >= 15 is 0 Å². The van der Waals surface area contributed by atoms with Crippen LogP contribution < -0.4 is 0 Å². The third kappa shape index (κ3) is 3.89. The standard InChI is InChI=1S/C10H14N2O2/c1-10(2,3)14-9(13)5-4-8-6-11-12-7-8/h4-7H,1-3H3,(H,11,12)/b5-4+. The molecule has 0 fully saturated rings. The zero-order chi connectivity index (χ0) is 10.6. The van der Waals surface area contributed by atoms with E-state index in [4.69, 9.17) is 4.74 Å². The minimum Gasteiger partial charge on any atom is -0.457 e. The predicted molar refractivity (Wildman–Crippen MR) is 53.5 cm³/mol. The summed E-state index contributed by atoms with van der Waals surface area (Å²) < 4.78 is 5.08. The van der Waals surface area contributed by atoms with Crippen LogP contribution in [-0.4, -0.2) is 21.8 Å². The highest BCUT2D eigenvalue weighted by Gasteiger charge is 2.13. The van der Waals surface area contributed by atoms with Crippen LogP contribution in [-0.2, 0) is 9.53 Å². The fourth-order valence-electron chi connectivity index (χ4n) is 0.852. The number of esters is 1. The van der Waals surface area contributed by atoms with E-state index in [1.54, 1.807) is 18.5 Å². The zero-order valence-corrected chi connectivity index (χ0v) is 8.57. The largest absolute Gasteiger partial charge is 0.457 e. The number of hydrogen-bond acceptors (Lipinski definition) is 3. The van der Waals surface area contributed by atoms with E-state index in [0.29, 0.717) is 0 Å². The minimum atomic E-state index is -0.447. The molecular formula is C10H14N2O2. The van der Waals surface area contributed by atoms with Crippen molar-refractivity contribution in [3.8, 4) is 0 Å². The van der Waals surface area contributed by atoms with Crippen LogP contribution in [0.15, 0.2) is 18.5 Å². The first-order valence-corrected chi connectivity index (χ1v) is 4.37. The highest BCUT2D eigenvalue weighted by molar-refractivity contribution is 5.87. The van der Waals surface area contributed by atoms with E-state index in [1.807, 2.05) is 20.8 Å². The molecule has 0 aliphatic heterocycles. The molecule has 0 unspecified atom stereocenters. The molecule has 14 heavy (non-hydrogen) atoms. The number of ether oxygens (including phenoxy) is 1. The number of nitrogens with zero attached hydrogens (tertiary/aromatic N) is 1. The summed E-state index contributed by atoms with van der Waals surface area (Å²) in [4.78, 5) is 11.2. The fourth-order valence-corrected chi connectivity index (χ4v) is 0.852. The topological polar surface area (TPSA) is 55.0 Å². The first-order chi connectivity index (χ1) is 6.47. The number of hydrogen-bond donors (Lipinski definition) is 1. The zero-order valence-electron chi connectivity index (χ0n) is 8.57. The Balaban J connectivity index is 2.49. The van der Waals surface area contributed by atoms with E-state index in [9.17, 15) is 4.79 Å². The van der Waals surface area contributed by atoms with Gasteiger partial charge in [-0.15, -0.1) is 0 Å². The van der Waals surface area contributed by atoms with Crippen LogP contribution in [0, 0.1) is 0 Å². The molecule has 0 amide bonds. The number of aromatic amines is 1. The lowest BCUT2D eigenvalue weighted by Gasteiger charge is -2.17. The molecule has 1 heterocycles. The van der Waals surface area contributed by atoms with Gasteiger partial charge in [-0.25, -0.2) is 4.79 Å². The van der Waals surface area contributed by atoms with Gasteiger partial charge in [0, 0.05) is 17.8 Å². The molecule has 0 aromatic carbocycles. The van der Waals surface area contributed by atoms with Crippen LogP contribution in [0.2, 0.25) is 0 Å². The van der Waals surface area contributed by atoms with Crippen molar-refractivity contribution in [1.29, 1.82) is 0 Å². The maximum atomic E-state index is 11.2. The Morgan fingerprint density at radius 2 is 2.29 bits per heavy atom. The Morgan fingerprint density at radius 1 is 1.57 bits per heavy atom. The van der Waals surface area contributed by atoms with Gasteiger partial charge in [0.1, 0.15) is 5.60 Å². The van der Waals surface area contributed by atoms with E-state index < -0.39 is 5.60 Å². The van der Waals surface area contributed by atoms with Gasteiger partial charge in [-0.05, 0) is 26.8 Å². The Labute approximate surface area is 83.0 Å². The van der Waals surface area contributed by atoms with Gasteiger partial charge in [0.05, 0.1) is 6.20 Å². The normalized spacial score (nSPS) is 11.9. The fraction of sp³-hybridized carbons (Fsp3) is 0.400. The molecule has 0 aliphatic rings. The van der Waals surface area contributed by atoms with Crippen LogP contribution in [0.5, 0.6) is 0 Å². The maximum Gasteiger partial charge on any atom is 0.331 e. The summed E-state index contributed by atoms with van der Waals surface area (Å²) in [5.41, 5.74) is 0.397. The van der Waals surface area contributed by atoms with Crippen molar-refractivity contribution < 1.29 is 9.53 Å². The van der Waals surface area contributed by atoms with Crippen LogP contribution in [0.4, 0.5) is 0 Å². The van der Waals surface area contributed by atoms with Crippen molar-refractivity contribution in [2.24, 2.45) is 0 Å². The summed E-state index contributed by atoms with van der Waals surface area (Å²) in [7, 11) is 0. The molecule has 1 aromatic rings. The first-order valence-electron chi connectivity index (χ1n) is 4.37. The Bertz CT molecular complexity index is 320. The summed E-state index contributed by atoms with van der Waals surface area (Å²) in [6.45, 7) is 5.49. The summed E-state index contributed by atoms with van der Waals surface area (Å²) >= 11 is 0. The van der Waals surface area contributed by atoms with Crippen molar-refractivity contribution in [1.82, 2.24) is 10.2 Å². The van der Waals surface area contributed by atoms with Crippen molar-refractivity contribution in [3.05, 3.63) is 24.0 Å². The lowest BCUT2D eigenvalue weighted by molar-refractivity contribution is -0.148. The minimum absolute atomic E-state index is 0.348. The average Bonchev–Trinajstić information content (AvgIpc) is 2.49. The number of aromatic nitrogens is 2. The van der Waals surface area contributed by atoms with E-state index in [2.05, 4.69) is 10.2 Å². The van der Waals surface area contributed by atoms with Crippen molar-refractivity contribution >= 4 is 12.0 Å². The quantitative estimate of drug-likeness (QED) is 0.576. The molecule has 76 valence electrons. The molecule has 0 bridgehead atoms. The molecule has 1 N–H and O–H groups in total. The summed E-state index contributed by atoms with van der Waals surface area (Å²) in [5, 5.41) is 6.39. The van der Waals surface area contributed by atoms with Crippen molar-refractivity contribution in [2.45, 2.75) is 26.4 Å². The molecule has 1 aromatic heterocycles. The van der Waals surface area contributed by atoms with E-state index in [1.165, 1.54) is 6.08 Å². The third-order valence-corrected chi connectivity index (χ3v) is 1.34. The second kappa shape index (κ2) is 4.09. The summed E-state index contributed by atoms with van der Waals surface area (Å²) in [6.07, 6.45) is 6.36. The molecule has 0 spiro atoms. The predicted octanol–water partition coefficient (Wildman–Crippen LogP) is 1.76. The molecule has 0 saturated heterocycles. The van der Waals surface area contributed by atoms with Gasteiger partial charge >= 0.3 is 5.97 Å².